The first-order valence-electron chi connectivity index (χ1n) is 6.42. The highest BCUT2D eigenvalue weighted by atomic mass is 35.5. The van der Waals surface area contributed by atoms with Gasteiger partial charge in [0.2, 0.25) is 5.91 Å². The predicted octanol–water partition coefficient (Wildman–Crippen LogP) is 1.60. The normalized spacial score (nSPS) is 17.6. The Labute approximate surface area is 126 Å². The van der Waals surface area contributed by atoms with E-state index >= 15 is 0 Å². The molecule has 1 fully saturated rings. The second-order valence-electron chi connectivity index (χ2n) is 4.69. The number of likely N-dealkylation sites (N-methyl/N-ethyl adjacent to an activating group) is 1. The van der Waals surface area contributed by atoms with Gasteiger partial charge in [0.15, 0.2) is 0 Å². The number of halogens is 1. The molecule has 7 nitrogen and oxygen atoms in total. The van der Waals surface area contributed by atoms with E-state index in [0.717, 1.165) is 12.5 Å². The number of nitro groups is 1. The molecule has 0 radical (unpaired) electrons. The SMILES string of the molecule is CNC(=O)C1CCCN1C(=O)c1ccc([N+](=O)[O-])cc1Cl. The summed E-state index contributed by atoms with van der Waals surface area (Å²) in [6.07, 6.45) is 1.32. The largest absolute Gasteiger partial charge is 0.357 e. The van der Waals surface area contributed by atoms with E-state index in [0.29, 0.717) is 13.0 Å². The van der Waals surface area contributed by atoms with Crippen molar-refractivity contribution in [2.24, 2.45) is 0 Å². The summed E-state index contributed by atoms with van der Waals surface area (Å²) in [6.45, 7) is 0.463. The molecule has 0 saturated carbocycles. The van der Waals surface area contributed by atoms with Gasteiger partial charge in [0.25, 0.3) is 11.6 Å². The first-order valence-corrected chi connectivity index (χ1v) is 6.80. The molecule has 1 aliphatic rings. The van der Waals surface area contributed by atoms with Crippen molar-refractivity contribution in [2.75, 3.05) is 13.6 Å². The number of rotatable bonds is 3. The number of nitrogens with zero attached hydrogens (tertiary/aromatic N) is 2. The fourth-order valence-electron chi connectivity index (χ4n) is 2.39. The van der Waals surface area contributed by atoms with E-state index in [4.69, 9.17) is 11.6 Å². The molecular formula is C13H14ClN3O4. The minimum absolute atomic E-state index is 0.0109. The van der Waals surface area contributed by atoms with Gasteiger partial charge in [-0.25, -0.2) is 0 Å². The Morgan fingerprint density at radius 1 is 1.48 bits per heavy atom. The van der Waals surface area contributed by atoms with Gasteiger partial charge >= 0.3 is 0 Å². The number of amides is 2. The van der Waals surface area contributed by atoms with E-state index in [1.165, 1.54) is 24.1 Å². The molecule has 1 aromatic rings. The van der Waals surface area contributed by atoms with Crippen LogP contribution in [-0.4, -0.2) is 41.3 Å². The highest BCUT2D eigenvalue weighted by Crippen LogP contribution is 2.27. The van der Waals surface area contributed by atoms with Crippen molar-refractivity contribution in [2.45, 2.75) is 18.9 Å². The van der Waals surface area contributed by atoms with Crippen LogP contribution in [-0.2, 0) is 4.79 Å². The lowest BCUT2D eigenvalue weighted by Gasteiger charge is -2.23. The van der Waals surface area contributed by atoms with Crippen LogP contribution in [0, 0.1) is 10.1 Å². The molecule has 1 saturated heterocycles. The van der Waals surface area contributed by atoms with Crippen LogP contribution < -0.4 is 5.32 Å². The first-order chi connectivity index (χ1) is 9.95. The molecule has 1 atom stereocenters. The highest BCUT2D eigenvalue weighted by molar-refractivity contribution is 6.34. The summed E-state index contributed by atoms with van der Waals surface area (Å²) >= 11 is 5.96. The molecule has 21 heavy (non-hydrogen) atoms. The molecule has 2 rings (SSSR count). The van der Waals surface area contributed by atoms with Crippen molar-refractivity contribution >= 4 is 29.1 Å². The van der Waals surface area contributed by atoms with Crippen LogP contribution in [0.15, 0.2) is 18.2 Å². The molecule has 0 aliphatic carbocycles. The summed E-state index contributed by atoms with van der Waals surface area (Å²) in [6, 6.07) is 3.17. The van der Waals surface area contributed by atoms with E-state index in [1.54, 1.807) is 0 Å². The van der Waals surface area contributed by atoms with Crippen molar-refractivity contribution in [3.05, 3.63) is 38.9 Å². The number of nitrogens with one attached hydrogen (secondary N) is 1. The maximum Gasteiger partial charge on any atom is 0.270 e. The average molecular weight is 312 g/mol. The second-order valence-corrected chi connectivity index (χ2v) is 5.10. The zero-order valence-corrected chi connectivity index (χ0v) is 12.1. The van der Waals surface area contributed by atoms with Gasteiger partial charge in [0.1, 0.15) is 6.04 Å². The van der Waals surface area contributed by atoms with E-state index in [-0.39, 0.29) is 28.1 Å². The van der Waals surface area contributed by atoms with Gasteiger partial charge in [0, 0.05) is 25.7 Å². The Kier molecular flexibility index (Phi) is 4.42. The van der Waals surface area contributed by atoms with Gasteiger partial charge in [-0.1, -0.05) is 11.6 Å². The number of hydrogen-bond acceptors (Lipinski definition) is 4. The quantitative estimate of drug-likeness (QED) is 0.678. The third-order valence-corrected chi connectivity index (χ3v) is 3.77. The van der Waals surface area contributed by atoms with Crippen molar-refractivity contribution in [1.82, 2.24) is 10.2 Å². The lowest BCUT2D eigenvalue weighted by Crippen LogP contribution is -2.45. The zero-order valence-electron chi connectivity index (χ0n) is 11.3. The first kappa shape index (κ1) is 15.2. The highest BCUT2D eigenvalue weighted by Gasteiger charge is 2.34. The Morgan fingerprint density at radius 3 is 2.76 bits per heavy atom. The molecule has 112 valence electrons. The van der Waals surface area contributed by atoms with Crippen LogP contribution in [0.3, 0.4) is 0 Å². The molecular weight excluding hydrogens is 298 g/mol. The van der Waals surface area contributed by atoms with Crippen LogP contribution in [0.2, 0.25) is 5.02 Å². The van der Waals surface area contributed by atoms with Crippen LogP contribution >= 0.6 is 11.6 Å². The number of likely N-dealkylation sites (tertiary alicyclic amines) is 1. The Morgan fingerprint density at radius 2 is 2.19 bits per heavy atom. The number of benzene rings is 1. The van der Waals surface area contributed by atoms with Crippen LogP contribution in [0.25, 0.3) is 0 Å². The molecule has 2 amide bonds. The predicted molar refractivity (Wildman–Crippen MR) is 76.2 cm³/mol. The van der Waals surface area contributed by atoms with Crippen LogP contribution in [0.4, 0.5) is 5.69 Å². The van der Waals surface area contributed by atoms with Crippen molar-refractivity contribution < 1.29 is 14.5 Å². The third kappa shape index (κ3) is 2.97. The summed E-state index contributed by atoms with van der Waals surface area (Å²) < 4.78 is 0. The summed E-state index contributed by atoms with van der Waals surface area (Å²) in [5.74, 6) is -0.611. The van der Waals surface area contributed by atoms with E-state index in [1.807, 2.05) is 0 Å². The number of non-ortho nitro benzene ring substituents is 1. The molecule has 0 aromatic heterocycles. The van der Waals surface area contributed by atoms with Crippen LogP contribution in [0.1, 0.15) is 23.2 Å². The van der Waals surface area contributed by atoms with E-state index in [9.17, 15) is 19.7 Å². The summed E-state index contributed by atoms with van der Waals surface area (Å²) in [5.41, 5.74) is -0.0149. The van der Waals surface area contributed by atoms with Gasteiger partial charge in [-0.3, -0.25) is 19.7 Å². The Bertz CT molecular complexity index is 605. The molecule has 0 bridgehead atoms. The number of carbonyl (C=O) groups is 2. The lowest BCUT2D eigenvalue weighted by molar-refractivity contribution is -0.384. The smallest absolute Gasteiger partial charge is 0.270 e. The molecule has 1 unspecified atom stereocenters. The number of hydrogen-bond donors (Lipinski definition) is 1. The van der Waals surface area contributed by atoms with Gasteiger partial charge in [-0.2, -0.15) is 0 Å². The number of carbonyl (C=O) groups excluding carboxylic acids is 2. The number of nitro benzene ring substituents is 1. The van der Waals surface area contributed by atoms with Crippen molar-refractivity contribution in [1.29, 1.82) is 0 Å². The monoisotopic (exact) mass is 311 g/mol. The van der Waals surface area contributed by atoms with Crippen molar-refractivity contribution in [3.63, 3.8) is 0 Å². The fourth-order valence-corrected chi connectivity index (χ4v) is 2.65. The van der Waals surface area contributed by atoms with E-state index < -0.39 is 11.0 Å². The standard InChI is InChI=1S/C13H14ClN3O4/c1-15-12(18)11-3-2-6-16(11)13(19)9-5-4-8(17(20)21)7-10(9)14/h4-5,7,11H,2-3,6H2,1H3,(H,15,18). The summed E-state index contributed by atoms with van der Waals surface area (Å²) in [5, 5.41) is 13.2. The summed E-state index contributed by atoms with van der Waals surface area (Å²) in [4.78, 5) is 35.8. The maximum atomic E-state index is 12.5. The molecule has 1 aromatic carbocycles. The molecule has 1 aliphatic heterocycles. The molecule has 8 heteroatoms. The van der Waals surface area contributed by atoms with Crippen LogP contribution in [0.5, 0.6) is 0 Å². The zero-order chi connectivity index (χ0) is 15.6. The average Bonchev–Trinajstić information content (AvgIpc) is 2.94. The minimum Gasteiger partial charge on any atom is -0.357 e. The van der Waals surface area contributed by atoms with Gasteiger partial charge in [0.05, 0.1) is 15.5 Å². The van der Waals surface area contributed by atoms with E-state index in [2.05, 4.69) is 5.32 Å². The Hall–Kier alpha value is -2.15. The topological polar surface area (TPSA) is 92.6 Å². The van der Waals surface area contributed by atoms with Gasteiger partial charge in [-0.15, -0.1) is 0 Å². The van der Waals surface area contributed by atoms with Crippen molar-refractivity contribution in [3.8, 4) is 0 Å². The lowest BCUT2D eigenvalue weighted by atomic mass is 10.1. The third-order valence-electron chi connectivity index (χ3n) is 3.46. The van der Waals surface area contributed by atoms with Gasteiger partial charge in [-0.05, 0) is 18.9 Å². The second kappa shape index (κ2) is 6.09. The minimum atomic E-state index is -0.580. The molecule has 1 heterocycles. The molecule has 0 spiro atoms. The van der Waals surface area contributed by atoms with Gasteiger partial charge < -0.3 is 10.2 Å². The maximum absolute atomic E-state index is 12.5. The Balaban J connectivity index is 2.27. The fraction of sp³-hybridized carbons (Fsp3) is 0.385. The molecule has 1 N–H and O–H groups in total. The summed E-state index contributed by atoms with van der Waals surface area (Å²) in [7, 11) is 1.52.